The fraction of sp³-hybridized carbons (Fsp3) is 0.854. The minimum Gasteiger partial charge on any atom is -0.461 e. The van der Waals surface area contributed by atoms with Crippen molar-refractivity contribution in [2.75, 3.05) is 33.9 Å². The first kappa shape index (κ1) is 44.4. The van der Waals surface area contributed by atoms with Crippen LogP contribution < -0.4 is 0 Å². The summed E-state index contributed by atoms with van der Waals surface area (Å²) in [6.45, 7) is 6.49. The number of esters is 2. The average Bonchev–Trinajstić information content (AvgIpc) is 3.04. The summed E-state index contributed by atoms with van der Waals surface area (Å²) in [6.07, 6.45) is 40.1. The Balaban J connectivity index is 3.93. The van der Waals surface area contributed by atoms with Crippen molar-refractivity contribution >= 4 is 11.9 Å². The average molecular weight is 648 g/mol. The van der Waals surface area contributed by atoms with Gasteiger partial charge in [-0.2, -0.15) is 0 Å². The van der Waals surface area contributed by atoms with Crippen LogP contribution in [0.25, 0.3) is 0 Å². The first-order valence-corrected chi connectivity index (χ1v) is 19.8. The highest BCUT2D eigenvalue weighted by atomic mass is 16.5. The SMILES string of the molecule is CCCCCC/C=C/COC(=O)CCCCCCCC(CCCCCCCC(=O)OC/C=C/CCCCCC)CCCCN(C)C. The molecule has 0 saturated heterocycles. The van der Waals surface area contributed by atoms with Crippen LogP contribution >= 0.6 is 0 Å². The van der Waals surface area contributed by atoms with E-state index in [-0.39, 0.29) is 11.9 Å². The number of rotatable bonds is 35. The lowest BCUT2D eigenvalue weighted by molar-refractivity contribution is -0.143. The van der Waals surface area contributed by atoms with E-state index in [4.69, 9.17) is 9.47 Å². The van der Waals surface area contributed by atoms with E-state index in [0.717, 1.165) is 44.4 Å². The molecular formula is C41H77NO4. The van der Waals surface area contributed by atoms with Crippen molar-refractivity contribution in [3.8, 4) is 0 Å². The lowest BCUT2D eigenvalue weighted by atomic mass is 9.90. The first-order chi connectivity index (χ1) is 22.5. The number of allylic oxidation sites excluding steroid dienone is 2. The Morgan fingerprint density at radius 3 is 1.33 bits per heavy atom. The second-order valence-corrected chi connectivity index (χ2v) is 13.8. The Kier molecular flexibility index (Phi) is 34.9. The van der Waals surface area contributed by atoms with Gasteiger partial charge < -0.3 is 14.4 Å². The number of unbranched alkanes of at least 4 members (excludes halogenated alkanes) is 17. The summed E-state index contributed by atoms with van der Waals surface area (Å²) < 4.78 is 10.7. The summed E-state index contributed by atoms with van der Waals surface area (Å²) in [5, 5.41) is 0. The van der Waals surface area contributed by atoms with Crippen molar-refractivity contribution in [2.24, 2.45) is 5.92 Å². The lowest BCUT2D eigenvalue weighted by Crippen LogP contribution is -2.13. The molecular weight excluding hydrogens is 570 g/mol. The van der Waals surface area contributed by atoms with Crippen LogP contribution in [-0.2, 0) is 19.1 Å². The molecule has 0 aliphatic rings. The minimum atomic E-state index is -0.0513. The maximum absolute atomic E-state index is 12.0. The molecule has 0 aromatic rings. The number of carbonyl (C=O) groups is 2. The van der Waals surface area contributed by atoms with E-state index < -0.39 is 0 Å². The van der Waals surface area contributed by atoms with Gasteiger partial charge in [0.2, 0.25) is 0 Å². The normalized spacial score (nSPS) is 11.9. The zero-order chi connectivity index (χ0) is 33.8. The summed E-state index contributed by atoms with van der Waals surface area (Å²) in [7, 11) is 4.33. The standard InChI is InChI=1S/C41H77NO4/c1-5-7-9-11-13-21-29-37-45-40(43)34-25-19-15-17-23-31-39(33-27-28-36-42(3)4)32-24-18-16-20-26-35-41(44)46-38-30-22-14-12-10-8-6-2/h21-22,29-30,39H,5-20,23-28,31-38H2,1-4H3/b29-21+,30-22+. The molecule has 0 radical (unpaired) electrons. The van der Waals surface area contributed by atoms with Gasteiger partial charge in [0.15, 0.2) is 0 Å². The highest BCUT2D eigenvalue weighted by Crippen LogP contribution is 2.24. The van der Waals surface area contributed by atoms with Gasteiger partial charge in [-0.25, -0.2) is 0 Å². The molecule has 270 valence electrons. The van der Waals surface area contributed by atoms with Crippen LogP contribution in [0.15, 0.2) is 24.3 Å². The van der Waals surface area contributed by atoms with Gasteiger partial charge in [0.25, 0.3) is 0 Å². The molecule has 0 saturated carbocycles. The Bertz CT molecular complexity index is 665. The van der Waals surface area contributed by atoms with Crippen LogP contribution in [0.2, 0.25) is 0 Å². The molecule has 0 bridgehead atoms. The van der Waals surface area contributed by atoms with E-state index in [1.54, 1.807) is 0 Å². The fourth-order valence-electron chi connectivity index (χ4n) is 5.94. The minimum absolute atomic E-state index is 0.0513. The van der Waals surface area contributed by atoms with Crippen LogP contribution in [-0.4, -0.2) is 50.7 Å². The summed E-state index contributed by atoms with van der Waals surface area (Å²) >= 11 is 0. The summed E-state index contributed by atoms with van der Waals surface area (Å²) in [5.74, 6) is 0.737. The lowest BCUT2D eigenvalue weighted by Gasteiger charge is -2.18. The smallest absolute Gasteiger partial charge is 0.306 e. The van der Waals surface area contributed by atoms with E-state index >= 15 is 0 Å². The van der Waals surface area contributed by atoms with Gasteiger partial charge in [0.1, 0.15) is 13.2 Å². The number of ether oxygens (including phenoxy) is 2. The molecule has 0 amide bonds. The van der Waals surface area contributed by atoms with Crippen molar-refractivity contribution in [1.82, 2.24) is 4.90 Å². The molecule has 0 spiro atoms. The zero-order valence-electron chi connectivity index (χ0n) is 31.2. The molecule has 0 aromatic carbocycles. The van der Waals surface area contributed by atoms with Gasteiger partial charge in [0, 0.05) is 12.8 Å². The number of carbonyl (C=O) groups excluding carboxylic acids is 2. The molecule has 5 nitrogen and oxygen atoms in total. The Morgan fingerprint density at radius 2 is 0.891 bits per heavy atom. The first-order valence-electron chi connectivity index (χ1n) is 19.8. The van der Waals surface area contributed by atoms with Crippen LogP contribution in [0.1, 0.15) is 187 Å². The Morgan fingerprint density at radius 1 is 0.500 bits per heavy atom. The fourth-order valence-corrected chi connectivity index (χ4v) is 5.94. The predicted molar refractivity (Wildman–Crippen MR) is 198 cm³/mol. The maximum atomic E-state index is 12.0. The van der Waals surface area contributed by atoms with E-state index in [1.807, 2.05) is 12.2 Å². The van der Waals surface area contributed by atoms with Gasteiger partial charge >= 0.3 is 11.9 Å². The third-order valence-electron chi connectivity index (χ3n) is 8.92. The topological polar surface area (TPSA) is 55.8 Å². The molecule has 0 heterocycles. The van der Waals surface area contributed by atoms with Crippen molar-refractivity contribution in [3.05, 3.63) is 24.3 Å². The van der Waals surface area contributed by atoms with E-state index in [0.29, 0.717) is 26.1 Å². The molecule has 0 aliphatic heterocycles. The van der Waals surface area contributed by atoms with Crippen molar-refractivity contribution in [1.29, 1.82) is 0 Å². The predicted octanol–water partition coefficient (Wildman–Crippen LogP) is 11.9. The van der Waals surface area contributed by atoms with E-state index in [1.165, 1.54) is 129 Å². The van der Waals surface area contributed by atoms with Crippen LogP contribution in [0.4, 0.5) is 0 Å². The Hall–Kier alpha value is -1.62. The molecule has 0 atom stereocenters. The van der Waals surface area contributed by atoms with Crippen LogP contribution in [0.3, 0.4) is 0 Å². The molecule has 0 fully saturated rings. The molecule has 0 N–H and O–H groups in total. The second-order valence-electron chi connectivity index (χ2n) is 13.8. The van der Waals surface area contributed by atoms with Gasteiger partial charge in [-0.3, -0.25) is 9.59 Å². The number of nitrogens with zero attached hydrogens (tertiary/aromatic N) is 1. The third kappa shape index (κ3) is 35.2. The molecule has 46 heavy (non-hydrogen) atoms. The zero-order valence-corrected chi connectivity index (χ0v) is 31.2. The second kappa shape index (κ2) is 36.2. The summed E-state index contributed by atoms with van der Waals surface area (Å²) in [6, 6.07) is 0. The van der Waals surface area contributed by atoms with Crippen molar-refractivity contribution in [3.63, 3.8) is 0 Å². The third-order valence-corrected chi connectivity index (χ3v) is 8.92. The Labute approximate surface area is 286 Å². The van der Waals surface area contributed by atoms with Crippen LogP contribution in [0.5, 0.6) is 0 Å². The quantitative estimate of drug-likeness (QED) is 0.0389. The number of hydrogen-bond donors (Lipinski definition) is 0. The van der Waals surface area contributed by atoms with E-state index in [2.05, 4.69) is 45.0 Å². The van der Waals surface area contributed by atoms with Gasteiger partial charge in [-0.1, -0.05) is 154 Å². The van der Waals surface area contributed by atoms with Gasteiger partial charge in [-0.15, -0.1) is 0 Å². The molecule has 0 aliphatic carbocycles. The van der Waals surface area contributed by atoms with Crippen LogP contribution in [0, 0.1) is 5.92 Å². The molecule has 0 unspecified atom stereocenters. The number of hydrogen-bond acceptors (Lipinski definition) is 5. The maximum Gasteiger partial charge on any atom is 0.306 e. The molecule has 0 rings (SSSR count). The largest absolute Gasteiger partial charge is 0.461 e. The van der Waals surface area contributed by atoms with E-state index in [9.17, 15) is 9.59 Å². The highest BCUT2D eigenvalue weighted by molar-refractivity contribution is 5.69. The molecule has 5 heteroatoms. The summed E-state index contributed by atoms with van der Waals surface area (Å²) in [4.78, 5) is 26.3. The highest BCUT2D eigenvalue weighted by Gasteiger charge is 2.10. The van der Waals surface area contributed by atoms with Gasteiger partial charge in [-0.05, 0) is 71.5 Å². The molecule has 0 aromatic heterocycles. The van der Waals surface area contributed by atoms with Crippen molar-refractivity contribution in [2.45, 2.75) is 187 Å². The monoisotopic (exact) mass is 648 g/mol. The van der Waals surface area contributed by atoms with Crippen molar-refractivity contribution < 1.29 is 19.1 Å². The van der Waals surface area contributed by atoms with Gasteiger partial charge in [0.05, 0.1) is 0 Å². The summed E-state index contributed by atoms with van der Waals surface area (Å²) in [5.41, 5.74) is 0.